The minimum Gasteiger partial charge on any atom is -0.201 e. The van der Waals surface area contributed by atoms with E-state index in [4.69, 9.17) is 50.7 Å². The molecule has 0 saturated heterocycles. The number of rotatable bonds is 13. The molecule has 1 aliphatic carbocycles. The van der Waals surface area contributed by atoms with Crippen LogP contribution in [0.4, 0.5) is 0 Å². The molecule has 5 heterocycles. The van der Waals surface area contributed by atoms with Crippen LogP contribution in [0, 0.1) is 131 Å². The summed E-state index contributed by atoms with van der Waals surface area (Å²) in [6.07, 6.45) is 12.5. The molecule has 1 saturated carbocycles. The Bertz CT molecular complexity index is 8500. The maximum Gasteiger partial charge on any atom is 0.220 e. The zero-order valence-electron chi connectivity index (χ0n) is 114. The predicted octanol–water partition coefficient (Wildman–Crippen LogP) is 30.5. The van der Waals surface area contributed by atoms with Gasteiger partial charge < -0.3 is 0 Å². The lowest BCUT2D eigenvalue weighted by Gasteiger charge is -2.23. The molecule has 1 fully saturated rings. The topological polar surface area (TPSA) is 19.4 Å². The van der Waals surface area contributed by atoms with Crippen molar-refractivity contribution in [3.63, 3.8) is 0 Å². The standard InChI is InChI=1S/C29H30N.C28H28N.C27H26N.C23H26N.C20H26N/c1-19-11-13-24(14-12-19)25-16-22(4)28(23(5)17-25)27-15-20(2)18-30(6)29(27)26-10-8-7-9-21(26)3;1-19-15-26(28(29(5)18-19)25-14-10-9-11-20(25)2)27-21(3)16-24(17-22(27)4)23-12-7-6-8-13-23;1-19-16-26(27(28(4)18-19)25-13-9-8-10-20(25)2)24-15-14-23(17-21(24)3)22-11-6-5-7-12-22;1-15-11-18(4)22(19(5)12-15)21-13-16(2)14-24(6)23(21)20-10-8-7-9-17(20)3;1-15-13-19(17-10-5-4-6-11-17)20(21(3)14-15)18-12-8-7-9-16(18)2/h7-18H,1-6H3;6-18H,1-5H3;5-18H,1-4H3;7-14H,1-6H3;7-9,12-14,17H,4-6,10-11H2,1-3H3/q5*+1/i2D3,4D3,5D3;1D3,3D3,4D3;1D3,3D3;2D3,4D3,5D3;1D3,17D. The molecule has 0 N–H and O–H groups in total. The molecule has 0 aliphatic heterocycles. The predicted molar refractivity (Wildman–Crippen MR) is 559 cm³/mol. The second-order valence-electron chi connectivity index (χ2n) is 34.2. The van der Waals surface area contributed by atoms with Crippen molar-refractivity contribution in [1.82, 2.24) is 0 Å². The average molecular weight is 1770 g/mol. The Morgan fingerprint density at radius 3 is 0.833 bits per heavy atom. The van der Waals surface area contributed by atoms with Crippen molar-refractivity contribution < 1.29 is 73.6 Å². The number of hydrogen-bond donors (Lipinski definition) is 0. The van der Waals surface area contributed by atoms with Crippen LogP contribution in [-0.2, 0) is 35.2 Å². The largest absolute Gasteiger partial charge is 0.220 e. The minimum atomic E-state index is -2.69. The molecule has 12 aromatic carbocycles. The average Bonchev–Trinajstić information content (AvgIpc) is 0.731. The molecule has 5 aromatic heterocycles. The van der Waals surface area contributed by atoms with Gasteiger partial charge in [0.15, 0.2) is 31.0 Å². The van der Waals surface area contributed by atoms with E-state index >= 15 is 0 Å². The van der Waals surface area contributed by atoms with Crippen LogP contribution in [0.5, 0.6) is 0 Å². The normalized spacial score (nSPS) is 17.3. The Morgan fingerprint density at radius 1 is 0.205 bits per heavy atom. The molecule has 1 aliphatic rings. The second kappa shape index (κ2) is 42.1. The zero-order chi connectivity index (χ0) is 125. The van der Waals surface area contributed by atoms with Crippen molar-refractivity contribution in [3.05, 3.63) is 433 Å². The number of hydrogen-bond acceptors (Lipinski definition) is 0. The van der Waals surface area contributed by atoms with E-state index in [1.807, 2.05) is 222 Å². The van der Waals surface area contributed by atoms with Crippen LogP contribution in [0.3, 0.4) is 0 Å². The fraction of sp³-hybridized carbons (Fsp3) is 0.236. The van der Waals surface area contributed by atoms with Crippen LogP contribution in [0.15, 0.2) is 322 Å². The highest BCUT2D eigenvalue weighted by atomic mass is 14.9. The molecule has 5 heteroatoms. The van der Waals surface area contributed by atoms with Crippen LogP contribution in [-0.4, -0.2) is 0 Å². The monoisotopic (exact) mass is 1770 g/mol. The summed E-state index contributed by atoms with van der Waals surface area (Å²) in [6.45, 7) is -17.0. The van der Waals surface area contributed by atoms with E-state index in [0.717, 1.165) is 121 Å². The Hall–Kier alpha value is -13.6. The van der Waals surface area contributed by atoms with Crippen molar-refractivity contribution in [2.75, 3.05) is 0 Å². The van der Waals surface area contributed by atoms with E-state index in [1.165, 1.54) is 73.2 Å². The summed E-state index contributed by atoms with van der Waals surface area (Å²) in [5.74, 6) is -0.713. The van der Waals surface area contributed by atoms with Gasteiger partial charge in [-0.3, -0.25) is 0 Å². The number of pyridine rings is 5. The van der Waals surface area contributed by atoms with Crippen molar-refractivity contribution in [1.29, 1.82) is 0 Å². The van der Waals surface area contributed by atoms with Gasteiger partial charge in [-0.2, -0.15) is 0 Å². The van der Waals surface area contributed by atoms with Crippen LogP contribution in [0.2, 0.25) is 0 Å². The third-order valence-corrected chi connectivity index (χ3v) is 24.3. The third kappa shape index (κ3) is 21.5. The molecule has 0 atom stereocenters. The van der Waals surface area contributed by atoms with Gasteiger partial charge in [0.25, 0.3) is 0 Å². The van der Waals surface area contributed by atoms with Gasteiger partial charge in [0, 0.05) is 112 Å². The maximum atomic E-state index is 9.12. The Labute approximate surface area is 841 Å². The van der Waals surface area contributed by atoms with Crippen LogP contribution < -0.4 is 22.8 Å². The van der Waals surface area contributed by atoms with Crippen LogP contribution >= 0.6 is 0 Å². The highest BCUT2D eigenvalue weighted by Gasteiger charge is 2.30. The Morgan fingerprint density at radius 2 is 0.485 bits per heavy atom. The molecule has 132 heavy (non-hydrogen) atoms. The summed E-state index contributed by atoms with van der Waals surface area (Å²) < 4.78 is 312. The van der Waals surface area contributed by atoms with E-state index in [2.05, 4.69) is 19.1 Å². The van der Waals surface area contributed by atoms with Gasteiger partial charge in [0.2, 0.25) is 28.5 Å². The minimum absolute atomic E-state index is 0.00429. The van der Waals surface area contributed by atoms with E-state index in [-0.39, 0.29) is 94.6 Å². The lowest BCUT2D eigenvalue weighted by atomic mass is 9.81. The van der Waals surface area contributed by atoms with Crippen molar-refractivity contribution in [2.45, 2.75) is 169 Å². The number of aryl methyl sites for hydroxylation is 24. The van der Waals surface area contributed by atoms with E-state index in [0.29, 0.717) is 61.6 Å². The first-order valence-electron chi connectivity index (χ1n) is 62.7. The van der Waals surface area contributed by atoms with Gasteiger partial charge >= 0.3 is 0 Å². The van der Waals surface area contributed by atoms with Gasteiger partial charge in [-0.1, -0.05) is 261 Å². The summed E-state index contributed by atoms with van der Waals surface area (Å²) in [5, 5.41) is 0. The molecule has 0 unspecified atom stereocenters. The molecule has 0 radical (unpaired) electrons. The first-order valence-corrected chi connectivity index (χ1v) is 44.2. The number of aromatic nitrogens is 5. The summed E-state index contributed by atoms with van der Waals surface area (Å²) >= 11 is 0. The lowest BCUT2D eigenvalue weighted by Crippen LogP contribution is -2.33. The van der Waals surface area contributed by atoms with Gasteiger partial charge in [-0.25, -0.2) is 22.8 Å². The van der Waals surface area contributed by atoms with Gasteiger partial charge in [0.1, 0.15) is 35.2 Å². The fourth-order valence-electron chi connectivity index (χ4n) is 18.0. The van der Waals surface area contributed by atoms with Crippen LogP contribution in [0.1, 0.15) is 200 Å². The van der Waals surface area contributed by atoms with Crippen molar-refractivity contribution >= 4 is 0 Å². The molecule has 18 rings (SSSR count). The lowest BCUT2D eigenvalue weighted by molar-refractivity contribution is -0.661. The summed E-state index contributed by atoms with van der Waals surface area (Å²) in [4.78, 5) is 0. The molecule has 664 valence electrons. The van der Waals surface area contributed by atoms with Gasteiger partial charge in [-0.05, 0) is 332 Å². The third-order valence-electron chi connectivity index (χ3n) is 24.3. The fourth-order valence-corrected chi connectivity index (χ4v) is 18.0. The van der Waals surface area contributed by atoms with E-state index in [1.54, 1.807) is 114 Å². The Balaban J connectivity index is 0.000000164. The van der Waals surface area contributed by atoms with Gasteiger partial charge in [-0.15, -0.1) is 0 Å². The molecular formula is C127H136N5+5. The van der Waals surface area contributed by atoms with Crippen molar-refractivity contribution in [3.8, 4) is 134 Å². The van der Waals surface area contributed by atoms with E-state index in [9.17, 15) is 0 Å². The first kappa shape index (κ1) is 57.5. The molecule has 0 bridgehead atoms. The summed E-state index contributed by atoms with van der Waals surface area (Å²) in [7, 11) is 8.74. The molecule has 5 nitrogen and oxygen atoms in total. The highest BCUT2D eigenvalue weighted by molar-refractivity contribution is 5.89. The molecular weight excluding hydrogens is 1600 g/mol. The molecule has 0 spiro atoms. The molecule has 17 aromatic rings. The maximum absolute atomic E-state index is 9.12. The quantitative estimate of drug-likeness (QED) is 0.103. The summed E-state index contributed by atoms with van der Waals surface area (Å²) in [5.41, 5.74) is 20.4. The SMILES string of the molecule is [2H]C([2H])([2H])c1cc(-c2c(C([2H])([2H])[2H])cc(-c3ccc(C)cc3)cc2C([2H])([2H])[2H])c(-c2ccccc2C)[n+](C)c1.[2H]C([2H])([2H])c1cc(-c2c(C([2H])([2H])[2H])cc(-c3ccccc3)cc2C([2H])([2H])[2H])c(-c2ccccc2C)[n+](C)c1.[2H]C([2H])([2H])c1cc(-c2c(C([2H])([2H])[2H])cc(C)cc2C([2H])([2H])[2H])c(-c2ccccc2C)[n+](C)c1.[2H]C([2H])([2H])c1cc(-c2ccc(-c3ccccc3)cc2C([2H])([2H])[2H])c(-c2ccccc2C)[n+](C)c1.[2H]C([2H])([2H])c1cc(C2([2H])CCCCC2)c(-c2ccccc2C)[n+](C)c1. The van der Waals surface area contributed by atoms with Crippen LogP contribution in [0.25, 0.3) is 134 Å². The van der Waals surface area contributed by atoms with E-state index < -0.39 is 88.1 Å². The Kier molecular flexibility index (Phi) is 18.3. The zero-order valence-corrected chi connectivity index (χ0v) is 76.9. The highest BCUT2D eigenvalue weighted by Crippen LogP contribution is 2.44. The van der Waals surface area contributed by atoms with Gasteiger partial charge in [0.05, 0.1) is 22.3 Å². The summed E-state index contributed by atoms with van der Waals surface area (Å²) in [6, 6.07) is 86.2. The smallest absolute Gasteiger partial charge is 0.201 e. The number of benzene rings is 12. The first-order chi connectivity index (χ1) is 78.3. The molecule has 0 amide bonds. The number of nitrogens with zero attached hydrogens (tertiary/aromatic N) is 5. The van der Waals surface area contributed by atoms with Crippen molar-refractivity contribution in [2.24, 2.45) is 35.2 Å². The second-order valence-corrected chi connectivity index (χ2v) is 34.2.